The number of piperidine rings is 1. The summed E-state index contributed by atoms with van der Waals surface area (Å²) in [6, 6.07) is 2.15. The molecule has 1 amide bonds. The van der Waals surface area contributed by atoms with E-state index in [0.29, 0.717) is 24.2 Å². The molecule has 104 valence electrons. The summed E-state index contributed by atoms with van der Waals surface area (Å²) in [4.78, 5) is 14.7. The topological polar surface area (TPSA) is 71.5 Å². The summed E-state index contributed by atoms with van der Waals surface area (Å²) in [6.45, 7) is 2.74. The van der Waals surface area contributed by atoms with Gasteiger partial charge in [-0.3, -0.25) is 4.79 Å². The first-order chi connectivity index (χ1) is 9.10. The molecule has 3 N–H and O–H groups in total. The number of carbonyl (C=O) groups excluding carboxylic acids is 1. The predicted molar refractivity (Wildman–Crippen MR) is 72.7 cm³/mol. The molecular formula is C14H21N3O2. The molecule has 5 nitrogen and oxygen atoms in total. The number of hydrogen-bond acceptors (Lipinski definition) is 3. The second kappa shape index (κ2) is 4.56. The maximum absolute atomic E-state index is 12.7. The normalized spacial score (nSPS) is 29.8. The molecular weight excluding hydrogens is 242 g/mol. The molecule has 2 saturated heterocycles. The molecule has 2 bridgehead atoms. The lowest BCUT2D eigenvalue weighted by molar-refractivity contribution is 0.0279. The summed E-state index contributed by atoms with van der Waals surface area (Å²) in [5, 5.41) is 9.80. The van der Waals surface area contributed by atoms with Gasteiger partial charge in [0.1, 0.15) is 5.69 Å². The molecule has 0 spiro atoms. The average molecular weight is 263 g/mol. The number of nitrogen functional groups attached to an aromatic ring is 1. The number of aromatic nitrogens is 1. The average Bonchev–Trinajstić information content (AvgIpc) is 2.87. The van der Waals surface area contributed by atoms with Crippen LogP contribution in [0.5, 0.6) is 0 Å². The maximum Gasteiger partial charge on any atom is 0.271 e. The van der Waals surface area contributed by atoms with Crippen molar-refractivity contribution in [3.63, 3.8) is 0 Å². The van der Waals surface area contributed by atoms with Crippen LogP contribution in [0.1, 0.15) is 43.1 Å². The van der Waals surface area contributed by atoms with E-state index in [1.807, 2.05) is 22.6 Å². The Kier molecular flexibility index (Phi) is 3.01. The van der Waals surface area contributed by atoms with Crippen LogP contribution in [0.2, 0.25) is 0 Å². The second-order valence-electron chi connectivity index (χ2n) is 5.67. The van der Waals surface area contributed by atoms with Gasteiger partial charge in [-0.1, -0.05) is 0 Å². The smallest absolute Gasteiger partial charge is 0.271 e. The fourth-order valence-corrected chi connectivity index (χ4v) is 3.59. The lowest BCUT2D eigenvalue weighted by Gasteiger charge is -2.37. The third-order valence-electron chi connectivity index (χ3n) is 4.42. The quantitative estimate of drug-likeness (QED) is 0.842. The van der Waals surface area contributed by atoms with Gasteiger partial charge >= 0.3 is 0 Å². The van der Waals surface area contributed by atoms with Crippen LogP contribution in [0.3, 0.4) is 0 Å². The first-order valence-corrected chi connectivity index (χ1v) is 7.06. The van der Waals surface area contributed by atoms with E-state index in [9.17, 15) is 9.90 Å². The number of nitrogens with zero attached hydrogens (tertiary/aromatic N) is 2. The Labute approximate surface area is 113 Å². The Balaban J connectivity index is 1.88. The minimum absolute atomic E-state index is 0.0675. The fourth-order valence-electron chi connectivity index (χ4n) is 3.59. The molecule has 0 saturated carbocycles. The molecule has 19 heavy (non-hydrogen) atoms. The van der Waals surface area contributed by atoms with E-state index in [4.69, 9.17) is 5.73 Å². The predicted octanol–water partition coefficient (Wildman–Crippen LogP) is 1.22. The summed E-state index contributed by atoms with van der Waals surface area (Å²) in [6.07, 6.45) is 5.01. The zero-order chi connectivity index (χ0) is 13.6. The maximum atomic E-state index is 12.7. The molecule has 0 radical (unpaired) electrons. The molecule has 5 heteroatoms. The van der Waals surface area contributed by atoms with E-state index in [-0.39, 0.29) is 24.1 Å². The summed E-state index contributed by atoms with van der Waals surface area (Å²) in [7, 11) is 0. The van der Waals surface area contributed by atoms with E-state index in [1.165, 1.54) is 0 Å². The van der Waals surface area contributed by atoms with Crippen LogP contribution in [-0.4, -0.2) is 38.7 Å². The lowest BCUT2D eigenvalue weighted by atomic mass is 9.99. The van der Waals surface area contributed by atoms with E-state index < -0.39 is 0 Å². The number of amides is 1. The largest absolute Gasteiger partial charge is 0.397 e. The second-order valence-corrected chi connectivity index (χ2v) is 5.67. The van der Waals surface area contributed by atoms with Crippen LogP contribution in [-0.2, 0) is 6.54 Å². The summed E-state index contributed by atoms with van der Waals surface area (Å²) < 4.78 is 1.90. The number of hydrogen-bond donors (Lipinski definition) is 2. The van der Waals surface area contributed by atoms with Crippen LogP contribution in [0, 0.1) is 0 Å². The SMILES string of the molecule is CCn1cc(N)cc1C(=O)N1C2CCC1CC(O)C2. The molecule has 2 aliphatic rings. The zero-order valence-corrected chi connectivity index (χ0v) is 11.2. The Hall–Kier alpha value is -1.49. The minimum Gasteiger partial charge on any atom is -0.397 e. The minimum atomic E-state index is -0.246. The number of anilines is 1. The molecule has 2 unspecified atom stereocenters. The first kappa shape index (κ1) is 12.5. The van der Waals surface area contributed by atoms with Crippen molar-refractivity contribution in [2.24, 2.45) is 0 Å². The molecule has 2 aliphatic heterocycles. The van der Waals surface area contributed by atoms with Gasteiger partial charge in [0.05, 0.1) is 11.8 Å². The highest BCUT2D eigenvalue weighted by atomic mass is 16.3. The van der Waals surface area contributed by atoms with Crippen molar-refractivity contribution in [1.82, 2.24) is 9.47 Å². The zero-order valence-electron chi connectivity index (χ0n) is 11.2. The number of aryl methyl sites for hydroxylation is 1. The van der Waals surface area contributed by atoms with Crippen molar-refractivity contribution in [2.75, 3.05) is 5.73 Å². The molecule has 0 aliphatic carbocycles. The summed E-state index contributed by atoms with van der Waals surface area (Å²) in [5.74, 6) is 0.0675. The van der Waals surface area contributed by atoms with Gasteiger partial charge in [-0.05, 0) is 38.7 Å². The number of nitrogens with two attached hydrogens (primary N) is 1. The summed E-state index contributed by atoms with van der Waals surface area (Å²) in [5.41, 5.74) is 7.11. The van der Waals surface area contributed by atoms with Gasteiger partial charge in [0.25, 0.3) is 5.91 Å². The summed E-state index contributed by atoms with van der Waals surface area (Å²) >= 11 is 0. The monoisotopic (exact) mass is 263 g/mol. The molecule has 2 atom stereocenters. The molecule has 0 aromatic carbocycles. The van der Waals surface area contributed by atoms with Crippen molar-refractivity contribution >= 4 is 11.6 Å². The van der Waals surface area contributed by atoms with Gasteiger partial charge in [0, 0.05) is 24.8 Å². The highest BCUT2D eigenvalue weighted by Crippen LogP contribution is 2.37. The molecule has 2 fully saturated rings. The van der Waals surface area contributed by atoms with Crippen molar-refractivity contribution in [1.29, 1.82) is 0 Å². The van der Waals surface area contributed by atoms with E-state index in [1.54, 1.807) is 6.07 Å². The van der Waals surface area contributed by atoms with Gasteiger partial charge in [-0.25, -0.2) is 0 Å². The Morgan fingerprint density at radius 3 is 2.63 bits per heavy atom. The molecule has 3 heterocycles. The van der Waals surface area contributed by atoms with Crippen LogP contribution in [0.15, 0.2) is 12.3 Å². The van der Waals surface area contributed by atoms with Crippen molar-refractivity contribution in [2.45, 2.75) is 57.3 Å². The van der Waals surface area contributed by atoms with Crippen molar-refractivity contribution in [3.8, 4) is 0 Å². The van der Waals surface area contributed by atoms with Gasteiger partial charge < -0.3 is 20.3 Å². The molecule has 1 aromatic rings. The number of aliphatic hydroxyl groups is 1. The third-order valence-corrected chi connectivity index (χ3v) is 4.42. The van der Waals surface area contributed by atoms with Crippen molar-refractivity contribution in [3.05, 3.63) is 18.0 Å². The van der Waals surface area contributed by atoms with Gasteiger partial charge in [0.15, 0.2) is 0 Å². The van der Waals surface area contributed by atoms with Crippen LogP contribution >= 0.6 is 0 Å². The van der Waals surface area contributed by atoms with E-state index in [2.05, 4.69) is 0 Å². The standard InChI is InChI=1S/C14H21N3O2/c1-2-16-8-9(15)5-13(16)14(19)17-10-3-4-11(17)7-12(18)6-10/h5,8,10-12,18H,2-4,6-7,15H2,1H3. The number of carbonyl (C=O) groups is 1. The van der Waals surface area contributed by atoms with Gasteiger partial charge in [-0.2, -0.15) is 0 Å². The van der Waals surface area contributed by atoms with Crippen molar-refractivity contribution < 1.29 is 9.90 Å². The fraction of sp³-hybridized carbons (Fsp3) is 0.643. The highest BCUT2D eigenvalue weighted by molar-refractivity contribution is 5.94. The Morgan fingerprint density at radius 1 is 1.42 bits per heavy atom. The van der Waals surface area contributed by atoms with E-state index >= 15 is 0 Å². The number of aliphatic hydroxyl groups excluding tert-OH is 1. The molecule has 3 rings (SSSR count). The van der Waals surface area contributed by atoms with Gasteiger partial charge in [-0.15, -0.1) is 0 Å². The lowest BCUT2D eigenvalue weighted by Crippen LogP contribution is -2.48. The first-order valence-electron chi connectivity index (χ1n) is 7.06. The van der Waals surface area contributed by atoms with Crippen LogP contribution in [0.4, 0.5) is 5.69 Å². The van der Waals surface area contributed by atoms with Crippen LogP contribution < -0.4 is 5.73 Å². The van der Waals surface area contributed by atoms with Crippen LogP contribution in [0.25, 0.3) is 0 Å². The molecule has 1 aromatic heterocycles. The number of fused-ring (bicyclic) bond motifs is 2. The van der Waals surface area contributed by atoms with E-state index in [0.717, 1.165) is 19.4 Å². The third kappa shape index (κ3) is 2.02. The number of rotatable bonds is 2. The Morgan fingerprint density at radius 2 is 2.05 bits per heavy atom. The Bertz CT molecular complexity index is 483. The highest BCUT2D eigenvalue weighted by Gasteiger charge is 2.43. The van der Waals surface area contributed by atoms with Gasteiger partial charge in [0.2, 0.25) is 0 Å².